The summed E-state index contributed by atoms with van der Waals surface area (Å²) in [5.41, 5.74) is 2.68. The fourth-order valence-electron chi connectivity index (χ4n) is 3.75. The van der Waals surface area contributed by atoms with Crippen LogP contribution in [-0.4, -0.2) is 19.0 Å². The van der Waals surface area contributed by atoms with Gasteiger partial charge in [0.1, 0.15) is 5.82 Å². The van der Waals surface area contributed by atoms with Gasteiger partial charge in [0.2, 0.25) is 5.91 Å². The first kappa shape index (κ1) is 16.1. The van der Waals surface area contributed by atoms with Gasteiger partial charge in [-0.05, 0) is 67.5 Å². The molecule has 0 radical (unpaired) electrons. The zero-order valence-electron chi connectivity index (χ0n) is 14.2. The fourth-order valence-corrected chi connectivity index (χ4v) is 3.75. The van der Waals surface area contributed by atoms with Crippen molar-refractivity contribution in [3.8, 4) is 0 Å². The van der Waals surface area contributed by atoms with Gasteiger partial charge in [0.15, 0.2) is 0 Å². The van der Waals surface area contributed by atoms with Crippen molar-refractivity contribution in [3.05, 3.63) is 59.9 Å². The van der Waals surface area contributed by atoms with Gasteiger partial charge >= 0.3 is 0 Å². The van der Waals surface area contributed by atoms with Gasteiger partial charge in [0.25, 0.3) is 0 Å². The van der Waals surface area contributed by atoms with Gasteiger partial charge in [-0.3, -0.25) is 4.79 Å². The molecule has 2 fully saturated rings. The van der Waals surface area contributed by atoms with E-state index in [-0.39, 0.29) is 23.6 Å². The minimum Gasteiger partial charge on any atom is -0.372 e. The van der Waals surface area contributed by atoms with Crippen LogP contribution in [0.4, 0.5) is 15.8 Å². The van der Waals surface area contributed by atoms with Gasteiger partial charge in [0, 0.05) is 30.4 Å². The van der Waals surface area contributed by atoms with Gasteiger partial charge in [-0.15, -0.1) is 0 Å². The molecular formula is C21H23FN2O. The maximum atomic E-state index is 13.8. The Balaban J connectivity index is 1.36. The topological polar surface area (TPSA) is 32.3 Å². The quantitative estimate of drug-likeness (QED) is 0.886. The maximum absolute atomic E-state index is 13.8. The van der Waals surface area contributed by atoms with Crippen LogP contribution in [0.5, 0.6) is 0 Å². The molecule has 0 aromatic heterocycles. The third-order valence-electron chi connectivity index (χ3n) is 5.29. The van der Waals surface area contributed by atoms with Crippen molar-refractivity contribution in [2.45, 2.75) is 31.6 Å². The summed E-state index contributed by atoms with van der Waals surface area (Å²) in [6.45, 7) is 2.22. The lowest BCUT2D eigenvalue weighted by Gasteiger charge is -2.28. The molecule has 3 nitrogen and oxygen atoms in total. The standard InChI is InChI=1S/C21H23FN2O/c22-20-7-3-2-6-17(20)18-14-19(18)21(25)23-15-8-10-16(11-9-15)24-12-4-1-5-13-24/h2-3,6-11,18-19H,1,4-5,12-14H2,(H,23,25). The van der Waals surface area contributed by atoms with Crippen LogP contribution in [0, 0.1) is 11.7 Å². The summed E-state index contributed by atoms with van der Waals surface area (Å²) in [6.07, 6.45) is 4.53. The SMILES string of the molecule is O=C(Nc1ccc(N2CCCCC2)cc1)C1CC1c1ccccc1F. The van der Waals surface area contributed by atoms with Gasteiger partial charge < -0.3 is 10.2 Å². The lowest BCUT2D eigenvalue weighted by Crippen LogP contribution is -2.29. The Bertz CT molecular complexity index is 753. The molecule has 1 N–H and O–H groups in total. The third kappa shape index (κ3) is 3.53. The molecule has 2 aromatic rings. The van der Waals surface area contributed by atoms with Crippen molar-refractivity contribution in [1.82, 2.24) is 0 Å². The number of carbonyl (C=O) groups excluding carboxylic acids is 1. The van der Waals surface area contributed by atoms with E-state index in [0.717, 1.165) is 25.2 Å². The van der Waals surface area contributed by atoms with E-state index in [4.69, 9.17) is 0 Å². The van der Waals surface area contributed by atoms with Gasteiger partial charge in [-0.2, -0.15) is 0 Å². The summed E-state index contributed by atoms with van der Waals surface area (Å²) in [7, 11) is 0. The molecule has 130 valence electrons. The molecule has 1 amide bonds. The lowest BCUT2D eigenvalue weighted by atomic mass is 10.1. The highest BCUT2D eigenvalue weighted by molar-refractivity contribution is 5.95. The molecule has 2 atom stereocenters. The molecule has 0 spiro atoms. The summed E-state index contributed by atoms with van der Waals surface area (Å²) < 4.78 is 13.8. The number of nitrogens with one attached hydrogen (secondary N) is 1. The number of anilines is 2. The molecule has 4 heteroatoms. The minimum absolute atomic E-state index is 0.00817. The number of nitrogens with zero attached hydrogens (tertiary/aromatic N) is 1. The first-order chi connectivity index (χ1) is 12.2. The zero-order chi connectivity index (χ0) is 17.2. The zero-order valence-corrected chi connectivity index (χ0v) is 14.2. The number of rotatable bonds is 4. The van der Waals surface area contributed by atoms with E-state index >= 15 is 0 Å². The van der Waals surface area contributed by atoms with Crippen molar-refractivity contribution >= 4 is 17.3 Å². The Kier molecular flexibility index (Phi) is 4.43. The number of piperidine rings is 1. The predicted octanol–water partition coefficient (Wildman–Crippen LogP) is 4.56. The van der Waals surface area contributed by atoms with Crippen LogP contribution in [0.2, 0.25) is 0 Å². The van der Waals surface area contributed by atoms with Crippen molar-refractivity contribution < 1.29 is 9.18 Å². The van der Waals surface area contributed by atoms with Gasteiger partial charge in [-0.25, -0.2) is 4.39 Å². The smallest absolute Gasteiger partial charge is 0.228 e. The fraction of sp³-hybridized carbons (Fsp3) is 0.381. The van der Waals surface area contributed by atoms with Crippen LogP contribution in [0.15, 0.2) is 48.5 Å². The normalized spacial score (nSPS) is 22.5. The lowest BCUT2D eigenvalue weighted by molar-refractivity contribution is -0.117. The third-order valence-corrected chi connectivity index (χ3v) is 5.29. The minimum atomic E-state index is -0.214. The molecule has 1 aliphatic carbocycles. The van der Waals surface area contributed by atoms with Crippen LogP contribution in [-0.2, 0) is 4.79 Å². The summed E-state index contributed by atoms with van der Waals surface area (Å²) in [4.78, 5) is 14.8. The Hall–Kier alpha value is -2.36. The van der Waals surface area contributed by atoms with Gasteiger partial charge in [0.05, 0.1) is 0 Å². The number of carbonyl (C=O) groups is 1. The Morgan fingerprint density at radius 1 is 1.00 bits per heavy atom. The van der Waals surface area contributed by atoms with Crippen molar-refractivity contribution in [3.63, 3.8) is 0 Å². The molecule has 4 rings (SSSR count). The average molecular weight is 338 g/mol. The van der Waals surface area contributed by atoms with E-state index in [9.17, 15) is 9.18 Å². The summed E-state index contributed by atoms with van der Waals surface area (Å²) in [5.74, 6) is -0.347. The maximum Gasteiger partial charge on any atom is 0.228 e. The van der Waals surface area contributed by atoms with E-state index in [1.807, 2.05) is 18.2 Å². The van der Waals surface area contributed by atoms with Crippen LogP contribution >= 0.6 is 0 Å². The molecular weight excluding hydrogens is 315 g/mol. The second-order valence-corrected chi connectivity index (χ2v) is 7.05. The van der Waals surface area contributed by atoms with Crippen LogP contribution in [0.25, 0.3) is 0 Å². The second kappa shape index (κ2) is 6.87. The highest BCUT2D eigenvalue weighted by Crippen LogP contribution is 2.48. The Morgan fingerprint density at radius 3 is 2.44 bits per heavy atom. The van der Waals surface area contributed by atoms with Crippen LogP contribution < -0.4 is 10.2 Å². The average Bonchev–Trinajstić information content (AvgIpc) is 3.44. The van der Waals surface area contributed by atoms with Crippen molar-refractivity contribution in [2.24, 2.45) is 5.92 Å². The van der Waals surface area contributed by atoms with Gasteiger partial charge in [-0.1, -0.05) is 18.2 Å². The number of halogens is 1. The molecule has 2 aromatic carbocycles. The highest BCUT2D eigenvalue weighted by atomic mass is 19.1. The van der Waals surface area contributed by atoms with E-state index in [0.29, 0.717) is 5.56 Å². The summed E-state index contributed by atoms with van der Waals surface area (Å²) in [5, 5.41) is 2.97. The predicted molar refractivity (Wildman–Crippen MR) is 98.4 cm³/mol. The number of amides is 1. The molecule has 2 aliphatic rings. The van der Waals surface area contributed by atoms with Crippen molar-refractivity contribution in [1.29, 1.82) is 0 Å². The molecule has 1 heterocycles. The Labute approximate surface area is 147 Å². The molecule has 2 unspecified atom stereocenters. The number of hydrogen-bond donors (Lipinski definition) is 1. The molecule has 1 aliphatic heterocycles. The molecule has 25 heavy (non-hydrogen) atoms. The monoisotopic (exact) mass is 338 g/mol. The molecule has 1 saturated heterocycles. The Morgan fingerprint density at radius 2 is 1.72 bits per heavy atom. The summed E-state index contributed by atoms with van der Waals surface area (Å²) >= 11 is 0. The van der Waals surface area contributed by atoms with Crippen LogP contribution in [0.3, 0.4) is 0 Å². The van der Waals surface area contributed by atoms with E-state index < -0.39 is 0 Å². The number of hydrogen-bond acceptors (Lipinski definition) is 2. The molecule has 1 saturated carbocycles. The summed E-state index contributed by atoms with van der Waals surface area (Å²) in [6, 6.07) is 14.8. The second-order valence-electron chi connectivity index (χ2n) is 7.05. The van der Waals surface area contributed by atoms with Crippen LogP contribution in [0.1, 0.15) is 37.2 Å². The first-order valence-electron chi connectivity index (χ1n) is 9.13. The first-order valence-corrected chi connectivity index (χ1v) is 9.13. The highest BCUT2D eigenvalue weighted by Gasteiger charge is 2.45. The number of benzene rings is 2. The van der Waals surface area contributed by atoms with E-state index in [2.05, 4.69) is 22.3 Å². The largest absolute Gasteiger partial charge is 0.372 e. The van der Waals surface area contributed by atoms with E-state index in [1.165, 1.54) is 31.0 Å². The molecule has 0 bridgehead atoms. The van der Waals surface area contributed by atoms with E-state index in [1.54, 1.807) is 12.1 Å². The van der Waals surface area contributed by atoms with Crippen molar-refractivity contribution in [2.75, 3.05) is 23.3 Å².